The molecule has 0 saturated carbocycles. The zero-order valence-corrected chi connectivity index (χ0v) is 9.53. The van der Waals surface area contributed by atoms with Gasteiger partial charge in [-0.25, -0.2) is 0 Å². The molecule has 0 radical (unpaired) electrons. The van der Waals surface area contributed by atoms with Crippen molar-refractivity contribution in [1.82, 2.24) is 4.98 Å². The zero-order chi connectivity index (χ0) is 11.5. The van der Waals surface area contributed by atoms with Crippen molar-refractivity contribution in [3.8, 4) is 11.5 Å². The lowest BCUT2D eigenvalue weighted by atomic mass is 10.3. The van der Waals surface area contributed by atoms with Crippen molar-refractivity contribution >= 4 is 17.3 Å². The van der Waals surface area contributed by atoms with Gasteiger partial charge in [-0.3, -0.25) is 4.98 Å². The summed E-state index contributed by atoms with van der Waals surface area (Å²) in [6.45, 7) is 1.90. The molecule has 0 aliphatic rings. The Kier molecular flexibility index (Phi) is 2.97. The first kappa shape index (κ1) is 10.8. The van der Waals surface area contributed by atoms with E-state index < -0.39 is 0 Å². The van der Waals surface area contributed by atoms with Crippen LogP contribution < -0.4 is 10.5 Å². The highest BCUT2D eigenvalue weighted by Gasteiger charge is 2.03. The largest absolute Gasteiger partial charge is 0.456 e. The summed E-state index contributed by atoms with van der Waals surface area (Å²) in [5.74, 6) is 1.24. The molecule has 82 valence electrons. The summed E-state index contributed by atoms with van der Waals surface area (Å²) in [7, 11) is 0. The van der Waals surface area contributed by atoms with E-state index in [-0.39, 0.29) is 0 Å². The molecule has 0 bridgehead atoms. The average Bonchev–Trinajstić information content (AvgIpc) is 2.24. The average molecular weight is 235 g/mol. The van der Waals surface area contributed by atoms with E-state index in [1.54, 1.807) is 30.5 Å². The molecular formula is C12H11ClN2O. The number of rotatable bonds is 2. The van der Waals surface area contributed by atoms with Crippen LogP contribution in [0.15, 0.2) is 36.5 Å². The Morgan fingerprint density at radius 1 is 1.25 bits per heavy atom. The Morgan fingerprint density at radius 2 is 2.06 bits per heavy atom. The Labute approximate surface area is 98.8 Å². The van der Waals surface area contributed by atoms with Crippen LogP contribution in [0.3, 0.4) is 0 Å². The molecule has 0 spiro atoms. The highest BCUT2D eigenvalue weighted by molar-refractivity contribution is 6.32. The van der Waals surface area contributed by atoms with Crippen molar-refractivity contribution in [2.75, 3.05) is 5.73 Å². The van der Waals surface area contributed by atoms with Gasteiger partial charge in [0, 0.05) is 29.7 Å². The van der Waals surface area contributed by atoms with Gasteiger partial charge in [0.25, 0.3) is 0 Å². The normalized spacial score (nSPS) is 10.1. The Hall–Kier alpha value is -1.74. The lowest BCUT2D eigenvalue weighted by molar-refractivity contribution is 0.482. The second-order valence-electron chi connectivity index (χ2n) is 3.42. The maximum Gasteiger partial charge on any atom is 0.148 e. The van der Waals surface area contributed by atoms with Crippen molar-refractivity contribution in [2.24, 2.45) is 0 Å². The molecule has 0 amide bonds. The molecule has 0 saturated heterocycles. The van der Waals surface area contributed by atoms with Crippen LogP contribution >= 0.6 is 11.6 Å². The number of aryl methyl sites for hydroxylation is 1. The fourth-order valence-electron chi connectivity index (χ4n) is 1.31. The van der Waals surface area contributed by atoms with E-state index >= 15 is 0 Å². The summed E-state index contributed by atoms with van der Waals surface area (Å²) in [5, 5.41) is 0.531. The van der Waals surface area contributed by atoms with Crippen LogP contribution in [0, 0.1) is 6.92 Å². The van der Waals surface area contributed by atoms with Gasteiger partial charge < -0.3 is 10.5 Å². The smallest absolute Gasteiger partial charge is 0.148 e. The highest BCUT2D eigenvalue weighted by atomic mass is 35.5. The van der Waals surface area contributed by atoms with Crippen LogP contribution in [-0.2, 0) is 0 Å². The van der Waals surface area contributed by atoms with Gasteiger partial charge in [-0.1, -0.05) is 11.6 Å². The van der Waals surface area contributed by atoms with Gasteiger partial charge in [-0.05, 0) is 25.1 Å². The summed E-state index contributed by atoms with van der Waals surface area (Å²) in [6.07, 6.45) is 1.69. The summed E-state index contributed by atoms with van der Waals surface area (Å²) < 4.78 is 5.62. The maximum absolute atomic E-state index is 5.99. The van der Waals surface area contributed by atoms with Crippen molar-refractivity contribution in [1.29, 1.82) is 0 Å². The number of nitrogens with zero attached hydrogens (tertiary/aromatic N) is 1. The molecule has 0 fully saturated rings. The molecule has 1 aromatic heterocycles. The van der Waals surface area contributed by atoms with Gasteiger partial charge in [-0.2, -0.15) is 0 Å². The fraction of sp³-hybridized carbons (Fsp3) is 0.0833. The topological polar surface area (TPSA) is 48.1 Å². The summed E-state index contributed by atoms with van der Waals surface area (Å²) in [5.41, 5.74) is 7.16. The number of pyridine rings is 1. The van der Waals surface area contributed by atoms with Crippen molar-refractivity contribution in [3.05, 3.63) is 47.2 Å². The first-order valence-corrected chi connectivity index (χ1v) is 5.18. The van der Waals surface area contributed by atoms with E-state index in [0.717, 1.165) is 5.69 Å². The summed E-state index contributed by atoms with van der Waals surface area (Å²) in [4.78, 5) is 4.08. The number of hydrogen-bond donors (Lipinski definition) is 1. The number of hydrogen-bond acceptors (Lipinski definition) is 3. The molecular weight excluding hydrogens is 224 g/mol. The van der Waals surface area contributed by atoms with E-state index in [1.807, 2.05) is 13.0 Å². The second kappa shape index (κ2) is 4.41. The Morgan fingerprint density at radius 3 is 2.81 bits per heavy atom. The van der Waals surface area contributed by atoms with Crippen LogP contribution in [0.25, 0.3) is 0 Å². The van der Waals surface area contributed by atoms with Crippen LogP contribution in [-0.4, -0.2) is 4.98 Å². The molecule has 16 heavy (non-hydrogen) atoms. The Bertz CT molecular complexity index is 514. The third kappa shape index (κ3) is 2.44. The quantitative estimate of drug-likeness (QED) is 0.810. The van der Waals surface area contributed by atoms with Crippen LogP contribution in [0.2, 0.25) is 5.02 Å². The predicted molar refractivity (Wildman–Crippen MR) is 64.9 cm³/mol. The number of nitrogen functional groups attached to an aromatic ring is 1. The van der Waals surface area contributed by atoms with E-state index in [2.05, 4.69) is 4.98 Å². The van der Waals surface area contributed by atoms with Gasteiger partial charge in [0.05, 0.1) is 5.02 Å². The number of benzene rings is 1. The van der Waals surface area contributed by atoms with E-state index in [0.29, 0.717) is 22.2 Å². The van der Waals surface area contributed by atoms with Crippen LogP contribution in [0.5, 0.6) is 11.5 Å². The number of nitrogens with two attached hydrogens (primary N) is 1. The lowest BCUT2D eigenvalue weighted by Gasteiger charge is -2.08. The number of anilines is 1. The van der Waals surface area contributed by atoms with Crippen molar-refractivity contribution < 1.29 is 4.74 Å². The summed E-state index contributed by atoms with van der Waals surface area (Å²) in [6, 6.07) is 8.73. The molecule has 2 rings (SSSR count). The Balaban J connectivity index is 2.30. The second-order valence-corrected chi connectivity index (χ2v) is 3.83. The van der Waals surface area contributed by atoms with Gasteiger partial charge >= 0.3 is 0 Å². The molecule has 0 aliphatic carbocycles. The molecule has 0 unspecified atom stereocenters. The number of ether oxygens (including phenoxy) is 1. The minimum absolute atomic E-state index is 0.531. The molecule has 2 aromatic rings. The first-order valence-electron chi connectivity index (χ1n) is 4.81. The standard InChI is InChI=1S/C12H11ClN2O/c1-8-6-10(4-5-15-8)16-12-7-9(14)2-3-11(12)13/h2-7H,14H2,1H3. The molecule has 4 heteroatoms. The predicted octanol–water partition coefficient (Wildman–Crippen LogP) is 3.42. The minimum atomic E-state index is 0.531. The van der Waals surface area contributed by atoms with Gasteiger partial charge in [0.15, 0.2) is 0 Å². The molecule has 3 nitrogen and oxygen atoms in total. The number of halogens is 1. The molecule has 0 aliphatic heterocycles. The van der Waals surface area contributed by atoms with Gasteiger partial charge in [0.1, 0.15) is 11.5 Å². The molecule has 1 aromatic carbocycles. The van der Waals surface area contributed by atoms with Crippen molar-refractivity contribution in [2.45, 2.75) is 6.92 Å². The third-order valence-electron chi connectivity index (χ3n) is 2.05. The van der Waals surface area contributed by atoms with Crippen LogP contribution in [0.1, 0.15) is 5.69 Å². The maximum atomic E-state index is 5.99. The fourth-order valence-corrected chi connectivity index (χ4v) is 1.46. The lowest BCUT2D eigenvalue weighted by Crippen LogP contribution is -1.90. The molecule has 0 atom stereocenters. The summed E-state index contributed by atoms with van der Waals surface area (Å²) >= 11 is 5.99. The third-order valence-corrected chi connectivity index (χ3v) is 2.36. The van der Waals surface area contributed by atoms with Gasteiger partial charge in [0.2, 0.25) is 0 Å². The van der Waals surface area contributed by atoms with Crippen LogP contribution in [0.4, 0.5) is 5.69 Å². The first-order chi connectivity index (χ1) is 7.65. The van der Waals surface area contributed by atoms with E-state index in [4.69, 9.17) is 22.1 Å². The molecule has 2 N–H and O–H groups in total. The number of aromatic nitrogens is 1. The monoisotopic (exact) mass is 234 g/mol. The highest BCUT2D eigenvalue weighted by Crippen LogP contribution is 2.30. The van der Waals surface area contributed by atoms with Gasteiger partial charge in [-0.15, -0.1) is 0 Å². The van der Waals surface area contributed by atoms with Crippen molar-refractivity contribution in [3.63, 3.8) is 0 Å². The molecule has 1 heterocycles. The van der Waals surface area contributed by atoms with E-state index in [9.17, 15) is 0 Å². The van der Waals surface area contributed by atoms with E-state index in [1.165, 1.54) is 0 Å². The minimum Gasteiger partial charge on any atom is -0.456 e. The zero-order valence-electron chi connectivity index (χ0n) is 8.77. The SMILES string of the molecule is Cc1cc(Oc2cc(N)ccc2Cl)ccn1.